The predicted molar refractivity (Wildman–Crippen MR) is 189 cm³/mol. The van der Waals surface area contributed by atoms with Gasteiger partial charge in [0.1, 0.15) is 22.2 Å². The van der Waals surface area contributed by atoms with Crippen molar-refractivity contribution in [2.75, 3.05) is 0 Å². The number of benzene rings is 6. The van der Waals surface area contributed by atoms with Crippen molar-refractivity contribution in [1.82, 2.24) is 24.9 Å². The van der Waals surface area contributed by atoms with Crippen molar-refractivity contribution in [3.8, 4) is 57.1 Å². The van der Waals surface area contributed by atoms with Gasteiger partial charge >= 0.3 is 0 Å². The Labute approximate surface area is 278 Å². The molecule has 0 aliphatic carbocycles. The lowest BCUT2D eigenvalue weighted by atomic mass is 10.1. The molecule has 10 rings (SSSR count). The van der Waals surface area contributed by atoms with Crippen molar-refractivity contribution in [2.45, 2.75) is 0 Å². The summed E-state index contributed by atoms with van der Waals surface area (Å²) in [5.74, 6) is 2.76. The van der Waals surface area contributed by atoms with Gasteiger partial charge in [0.15, 0.2) is 28.6 Å². The van der Waals surface area contributed by atoms with E-state index in [0.717, 1.165) is 72.0 Å². The van der Waals surface area contributed by atoms with Crippen LogP contribution in [0.25, 0.3) is 101 Å². The zero-order valence-electron chi connectivity index (χ0n) is 25.7. The molecule has 230 valence electrons. The Hall–Kier alpha value is -6.93. The summed E-state index contributed by atoms with van der Waals surface area (Å²) in [6, 6.07) is 45.4. The van der Waals surface area contributed by atoms with E-state index in [-0.39, 0.29) is 0 Å². The Morgan fingerprint density at radius 2 is 0.735 bits per heavy atom. The van der Waals surface area contributed by atoms with Gasteiger partial charge in [-0.2, -0.15) is 0 Å². The van der Waals surface area contributed by atoms with Gasteiger partial charge in [-0.1, -0.05) is 66.7 Å². The minimum absolute atomic E-state index is 0.546. The van der Waals surface area contributed by atoms with Gasteiger partial charge in [-0.25, -0.2) is 24.9 Å². The smallest absolute Gasteiger partial charge is 0.227 e. The molecule has 0 aliphatic heterocycles. The molecule has 6 aromatic carbocycles. The summed E-state index contributed by atoms with van der Waals surface area (Å²) in [7, 11) is 0. The summed E-state index contributed by atoms with van der Waals surface area (Å²) >= 11 is 0. The third-order valence-electron chi connectivity index (χ3n) is 8.64. The molecule has 49 heavy (non-hydrogen) atoms. The van der Waals surface area contributed by atoms with Gasteiger partial charge in [-0.3, -0.25) is 0 Å². The summed E-state index contributed by atoms with van der Waals surface area (Å²) in [6.45, 7) is 0. The Balaban J connectivity index is 1.07. The Bertz CT molecular complexity index is 2630. The average molecular weight is 634 g/mol. The topological polar surface area (TPSA) is 104 Å². The number of para-hydroxylation sites is 5. The summed E-state index contributed by atoms with van der Waals surface area (Å²) in [5.41, 5.74) is 9.03. The van der Waals surface area contributed by atoms with Crippen molar-refractivity contribution >= 4 is 44.1 Å². The first-order chi connectivity index (χ1) is 24.2. The van der Waals surface area contributed by atoms with Crippen molar-refractivity contribution in [2.24, 2.45) is 0 Å². The molecular weight excluding hydrogens is 610 g/mol. The van der Waals surface area contributed by atoms with E-state index in [1.807, 2.05) is 127 Å². The maximum atomic E-state index is 6.08. The first-order valence-corrected chi connectivity index (χ1v) is 15.8. The van der Waals surface area contributed by atoms with E-state index in [2.05, 4.69) is 22.1 Å². The fourth-order valence-corrected chi connectivity index (χ4v) is 6.14. The molecule has 0 spiro atoms. The largest absolute Gasteiger partial charge is 0.456 e. The van der Waals surface area contributed by atoms with Gasteiger partial charge in [0.25, 0.3) is 0 Å². The minimum Gasteiger partial charge on any atom is -0.456 e. The second-order valence-electron chi connectivity index (χ2n) is 11.7. The van der Waals surface area contributed by atoms with Crippen molar-refractivity contribution in [3.05, 3.63) is 140 Å². The summed E-state index contributed by atoms with van der Waals surface area (Å²) < 4.78 is 18.1. The van der Waals surface area contributed by atoms with Crippen LogP contribution in [-0.4, -0.2) is 24.9 Å². The third-order valence-corrected chi connectivity index (χ3v) is 8.64. The van der Waals surface area contributed by atoms with Gasteiger partial charge in [-0.15, -0.1) is 0 Å². The molecule has 0 unspecified atom stereocenters. The lowest BCUT2D eigenvalue weighted by Gasteiger charge is -2.09. The van der Waals surface area contributed by atoms with Crippen LogP contribution in [0.15, 0.2) is 153 Å². The number of furan rings is 1. The zero-order valence-corrected chi connectivity index (χ0v) is 25.7. The molecule has 4 aromatic heterocycles. The number of aromatic nitrogens is 5. The van der Waals surface area contributed by atoms with E-state index in [0.29, 0.717) is 29.3 Å². The fourth-order valence-electron chi connectivity index (χ4n) is 6.14. The lowest BCUT2D eigenvalue weighted by molar-refractivity contribution is 0.619. The van der Waals surface area contributed by atoms with Crippen LogP contribution in [0.4, 0.5) is 0 Å². The molecule has 0 saturated heterocycles. The second kappa shape index (κ2) is 10.8. The van der Waals surface area contributed by atoms with Crippen LogP contribution in [-0.2, 0) is 0 Å². The monoisotopic (exact) mass is 633 g/mol. The van der Waals surface area contributed by atoms with Gasteiger partial charge in [0, 0.05) is 38.6 Å². The maximum absolute atomic E-state index is 6.08. The van der Waals surface area contributed by atoms with Crippen LogP contribution in [0.3, 0.4) is 0 Å². The standard InChI is InChI=1S/C41H23N5O3/c1-4-10-33-29(7-1)30-23-28(21-22-34(30)47-33)39-45-37(24-13-17-26(18-14-24)40-42-31-8-2-5-11-35(31)48-40)44-38(46-39)25-15-19-27(20-16-25)41-43-32-9-3-6-12-36(32)49-41/h1-23H. The molecule has 8 nitrogen and oxygen atoms in total. The lowest BCUT2D eigenvalue weighted by Crippen LogP contribution is -2.00. The highest BCUT2D eigenvalue weighted by Gasteiger charge is 2.16. The van der Waals surface area contributed by atoms with E-state index in [4.69, 9.17) is 28.2 Å². The maximum Gasteiger partial charge on any atom is 0.227 e. The summed E-state index contributed by atoms with van der Waals surface area (Å²) in [6.07, 6.45) is 0. The number of rotatable bonds is 5. The zero-order chi connectivity index (χ0) is 32.3. The number of hydrogen-bond donors (Lipinski definition) is 0. The Morgan fingerprint density at radius 3 is 1.29 bits per heavy atom. The molecule has 0 amide bonds. The number of oxazole rings is 2. The molecule has 0 aliphatic rings. The SMILES string of the molecule is c1ccc2oc(-c3ccc(-c4nc(-c5ccc(-c6nc7ccccc7o6)cc5)nc(-c5ccc6oc7ccccc7c6c5)n4)cc3)nc2c1. The highest BCUT2D eigenvalue weighted by Crippen LogP contribution is 2.34. The minimum atomic E-state index is 0.546. The van der Waals surface area contributed by atoms with Gasteiger partial charge in [-0.05, 0) is 72.8 Å². The van der Waals surface area contributed by atoms with E-state index in [1.165, 1.54) is 0 Å². The fraction of sp³-hybridized carbons (Fsp3) is 0. The van der Waals surface area contributed by atoms with E-state index < -0.39 is 0 Å². The van der Waals surface area contributed by atoms with Crippen LogP contribution in [0.2, 0.25) is 0 Å². The molecule has 0 saturated carbocycles. The highest BCUT2D eigenvalue weighted by atomic mass is 16.4. The molecule has 0 fully saturated rings. The predicted octanol–water partition coefficient (Wildman–Crippen LogP) is 10.4. The van der Waals surface area contributed by atoms with Crippen LogP contribution < -0.4 is 0 Å². The Kier molecular flexibility index (Phi) is 6.01. The van der Waals surface area contributed by atoms with E-state index in [9.17, 15) is 0 Å². The Morgan fingerprint density at radius 1 is 0.306 bits per heavy atom. The van der Waals surface area contributed by atoms with Crippen LogP contribution in [0.5, 0.6) is 0 Å². The van der Waals surface area contributed by atoms with E-state index >= 15 is 0 Å². The number of fused-ring (bicyclic) bond motifs is 5. The van der Waals surface area contributed by atoms with Crippen LogP contribution in [0.1, 0.15) is 0 Å². The molecule has 4 heterocycles. The molecule has 0 atom stereocenters. The first-order valence-electron chi connectivity index (χ1n) is 15.8. The van der Waals surface area contributed by atoms with Crippen molar-refractivity contribution in [1.29, 1.82) is 0 Å². The van der Waals surface area contributed by atoms with E-state index in [1.54, 1.807) is 0 Å². The molecule has 10 aromatic rings. The van der Waals surface area contributed by atoms with Crippen LogP contribution in [0, 0.1) is 0 Å². The van der Waals surface area contributed by atoms with Gasteiger partial charge in [0.2, 0.25) is 11.8 Å². The average Bonchev–Trinajstić information content (AvgIpc) is 3.90. The van der Waals surface area contributed by atoms with Crippen molar-refractivity contribution in [3.63, 3.8) is 0 Å². The van der Waals surface area contributed by atoms with Crippen molar-refractivity contribution < 1.29 is 13.3 Å². The summed E-state index contributed by atoms with van der Waals surface area (Å²) in [5, 5.41) is 2.04. The molecule has 8 heteroatoms. The third kappa shape index (κ3) is 4.73. The highest BCUT2D eigenvalue weighted by molar-refractivity contribution is 6.06. The molecule has 0 N–H and O–H groups in total. The number of nitrogens with zero attached hydrogens (tertiary/aromatic N) is 5. The first kappa shape index (κ1) is 27.2. The number of hydrogen-bond acceptors (Lipinski definition) is 8. The molecular formula is C41H23N5O3. The van der Waals surface area contributed by atoms with Gasteiger partial charge in [0.05, 0.1) is 0 Å². The molecule has 0 radical (unpaired) electrons. The quantitative estimate of drug-likeness (QED) is 0.184. The normalized spacial score (nSPS) is 11.7. The second-order valence-corrected chi connectivity index (χ2v) is 11.7. The summed E-state index contributed by atoms with van der Waals surface area (Å²) in [4.78, 5) is 24.2. The molecule has 0 bridgehead atoms. The van der Waals surface area contributed by atoms with Gasteiger partial charge < -0.3 is 13.3 Å². The van der Waals surface area contributed by atoms with Crippen LogP contribution >= 0.6 is 0 Å².